The molecule has 0 aliphatic rings. The number of aryl methyl sites for hydroxylation is 1. The Balaban J connectivity index is 2.08. The number of benzene rings is 2. The molecule has 0 radical (unpaired) electrons. The smallest absolute Gasteiger partial charge is 0.261 e. The Kier molecular flexibility index (Phi) is 7.36. The molecular formula is C21H26ClNO4. The average Bonchev–Trinajstić information content (AvgIpc) is 2.68. The molecule has 0 heterocycles. The largest absolute Gasteiger partial charge is 0.493 e. The minimum Gasteiger partial charge on any atom is -0.493 e. The third-order valence-electron chi connectivity index (χ3n) is 4.35. The van der Waals surface area contributed by atoms with E-state index in [1.165, 1.54) is 0 Å². The summed E-state index contributed by atoms with van der Waals surface area (Å²) in [6, 6.07) is 10.8. The molecule has 5 nitrogen and oxygen atoms in total. The number of rotatable bonds is 8. The Hall–Kier alpha value is -2.40. The van der Waals surface area contributed by atoms with Crippen molar-refractivity contribution in [3.63, 3.8) is 0 Å². The number of carbonyl (C=O) groups excluding carboxylic acids is 1. The van der Waals surface area contributed by atoms with Crippen LogP contribution in [0, 0.1) is 6.92 Å². The molecule has 2 rings (SSSR count). The van der Waals surface area contributed by atoms with E-state index in [9.17, 15) is 4.79 Å². The van der Waals surface area contributed by atoms with Gasteiger partial charge < -0.3 is 19.5 Å². The van der Waals surface area contributed by atoms with Crippen molar-refractivity contribution in [3.8, 4) is 17.2 Å². The van der Waals surface area contributed by atoms with Crippen LogP contribution in [0.4, 0.5) is 0 Å². The van der Waals surface area contributed by atoms with Crippen molar-refractivity contribution in [1.82, 2.24) is 5.32 Å². The van der Waals surface area contributed by atoms with E-state index in [4.69, 9.17) is 25.8 Å². The van der Waals surface area contributed by atoms with E-state index in [0.29, 0.717) is 22.3 Å². The molecule has 1 N–H and O–H groups in total. The minimum absolute atomic E-state index is 0.157. The van der Waals surface area contributed by atoms with Gasteiger partial charge in [-0.25, -0.2) is 0 Å². The number of nitrogens with one attached hydrogen (secondary N) is 1. The van der Waals surface area contributed by atoms with E-state index in [1.807, 2.05) is 38.1 Å². The third-order valence-corrected chi connectivity index (χ3v) is 4.77. The molecule has 2 atom stereocenters. The van der Waals surface area contributed by atoms with Gasteiger partial charge in [0.25, 0.3) is 5.91 Å². The monoisotopic (exact) mass is 391 g/mol. The molecule has 146 valence electrons. The van der Waals surface area contributed by atoms with Crippen molar-refractivity contribution in [2.24, 2.45) is 0 Å². The zero-order valence-electron chi connectivity index (χ0n) is 16.3. The fourth-order valence-electron chi connectivity index (χ4n) is 2.73. The van der Waals surface area contributed by atoms with Gasteiger partial charge >= 0.3 is 0 Å². The summed E-state index contributed by atoms with van der Waals surface area (Å²) < 4.78 is 16.4. The molecule has 0 aliphatic heterocycles. The average molecular weight is 392 g/mol. The predicted octanol–water partition coefficient (Wildman–Crippen LogP) is 4.70. The third kappa shape index (κ3) is 5.30. The first-order valence-corrected chi connectivity index (χ1v) is 9.22. The van der Waals surface area contributed by atoms with Crippen LogP contribution in [0.3, 0.4) is 0 Å². The van der Waals surface area contributed by atoms with Crippen LogP contribution in [0.25, 0.3) is 0 Å². The van der Waals surface area contributed by atoms with Gasteiger partial charge in [-0.2, -0.15) is 0 Å². The molecule has 0 saturated carbocycles. The lowest BCUT2D eigenvalue weighted by molar-refractivity contribution is -0.128. The summed E-state index contributed by atoms with van der Waals surface area (Å²) >= 11 is 6.03. The van der Waals surface area contributed by atoms with Crippen LogP contribution in [0.1, 0.15) is 37.4 Å². The standard InChI is InChI=1S/C21H26ClNO4/c1-6-18(15-7-10-19(25-4)20(12-15)26-5)23-21(24)14(3)27-16-8-9-17(22)13(2)11-16/h7-12,14,18H,6H2,1-5H3,(H,23,24)/t14-,18-/m0/s1. The summed E-state index contributed by atoms with van der Waals surface area (Å²) in [7, 11) is 3.18. The highest BCUT2D eigenvalue weighted by molar-refractivity contribution is 6.31. The maximum absolute atomic E-state index is 12.6. The van der Waals surface area contributed by atoms with Gasteiger partial charge in [0.2, 0.25) is 0 Å². The Morgan fingerprint density at radius 1 is 1.11 bits per heavy atom. The van der Waals surface area contributed by atoms with Gasteiger partial charge in [-0.05, 0) is 61.7 Å². The maximum atomic E-state index is 12.6. The van der Waals surface area contributed by atoms with E-state index < -0.39 is 6.10 Å². The lowest BCUT2D eigenvalue weighted by Crippen LogP contribution is -2.38. The van der Waals surface area contributed by atoms with E-state index in [-0.39, 0.29) is 11.9 Å². The SMILES string of the molecule is CC[C@H](NC(=O)[C@H](C)Oc1ccc(Cl)c(C)c1)c1ccc(OC)c(OC)c1. The minimum atomic E-state index is -0.639. The second kappa shape index (κ2) is 9.51. The molecule has 1 amide bonds. The zero-order chi connectivity index (χ0) is 20.0. The molecule has 0 spiro atoms. The Labute approximate surface area is 165 Å². The molecule has 2 aromatic rings. The topological polar surface area (TPSA) is 56.8 Å². The summed E-state index contributed by atoms with van der Waals surface area (Å²) in [5.74, 6) is 1.70. The highest BCUT2D eigenvalue weighted by atomic mass is 35.5. The van der Waals surface area contributed by atoms with E-state index in [2.05, 4.69) is 5.32 Å². The number of hydrogen-bond acceptors (Lipinski definition) is 4. The van der Waals surface area contributed by atoms with E-state index in [1.54, 1.807) is 33.3 Å². The summed E-state index contributed by atoms with van der Waals surface area (Å²) in [6.07, 6.45) is 0.0911. The number of halogens is 1. The molecule has 0 bridgehead atoms. The van der Waals surface area contributed by atoms with Gasteiger partial charge in [-0.3, -0.25) is 4.79 Å². The molecule has 0 saturated heterocycles. The molecule has 0 unspecified atom stereocenters. The van der Waals surface area contributed by atoms with Crippen LogP contribution in [0.5, 0.6) is 17.2 Å². The molecule has 0 aliphatic carbocycles. The molecule has 27 heavy (non-hydrogen) atoms. The van der Waals surface area contributed by atoms with Crippen molar-refractivity contribution in [2.45, 2.75) is 39.3 Å². The Morgan fingerprint density at radius 3 is 2.41 bits per heavy atom. The van der Waals surface area contributed by atoms with E-state index in [0.717, 1.165) is 17.5 Å². The summed E-state index contributed by atoms with van der Waals surface area (Å²) in [4.78, 5) is 12.6. The second-order valence-electron chi connectivity index (χ2n) is 6.25. The maximum Gasteiger partial charge on any atom is 0.261 e. The van der Waals surface area contributed by atoms with Crippen molar-refractivity contribution in [3.05, 3.63) is 52.5 Å². The first-order chi connectivity index (χ1) is 12.9. The first kappa shape index (κ1) is 20.9. The molecule has 2 aromatic carbocycles. The summed E-state index contributed by atoms with van der Waals surface area (Å²) in [5.41, 5.74) is 1.84. The second-order valence-corrected chi connectivity index (χ2v) is 6.66. The predicted molar refractivity (Wildman–Crippen MR) is 107 cm³/mol. The Bertz CT molecular complexity index is 794. The van der Waals surface area contributed by atoms with Crippen LogP contribution < -0.4 is 19.5 Å². The quantitative estimate of drug-likeness (QED) is 0.708. The first-order valence-electron chi connectivity index (χ1n) is 8.84. The number of carbonyl (C=O) groups is 1. The highest BCUT2D eigenvalue weighted by Gasteiger charge is 2.20. The number of hydrogen-bond donors (Lipinski definition) is 1. The van der Waals surface area contributed by atoms with Gasteiger partial charge in [0.15, 0.2) is 17.6 Å². The highest BCUT2D eigenvalue weighted by Crippen LogP contribution is 2.31. The van der Waals surface area contributed by atoms with Crippen molar-refractivity contribution < 1.29 is 19.0 Å². The van der Waals surface area contributed by atoms with Crippen LogP contribution >= 0.6 is 11.6 Å². The van der Waals surface area contributed by atoms with Crippen LogP contribution in [-0.2, 0) is 4.79 Å². The molecule has 0 aromatic heterocycles. The van der Waals surface area contributed by atoms with Gasteiger partial charge in [-0.1, -0.05) is 24.6 Å². The lowest BCUT2D eigenvalue weighted by Gasteiger charge is -2.22. The normalized spacial score (nSPS) is 12.8. The lowest BCUT2D eigenvalue weighted by atomic mass is 10.0. The number of ether oxygens (including phenoxy) is 3. The van der Waals surface area contributed by atoms with Gasteiger partial charge in [0.1, 0.15) is 5.75 Å². The van der Waals surface area contributed by atoms with Crippen molar-refractivity contribution in [2.75, 3.05) is 14.2 Å². The van der Waals surface area contributed by atoms with Gasteiger partial charge in [0, 0.05) is 5.02 Å². The van der Waals surface area contributed by atoms with E-state index >= 15 is 0 Å². The molecule has 0 fully saturated rings. The van der Waals surface area contributed by atoms with Crippen LogP contribution in [0.2, 0.25) is 5.02 Å². The Morgan fingerprint density at radius 2 is 1.81 bits per heavy atom. The molecular weight excluding hydrogens is 366 g/mol. The van der Waals surface area contributed by atoms with Crippen LogP contribution in [-0.4, -0.2) is 26.2 Å². The summed E-state index contributed by atoms with van der Waals surface area (Å²) in [5, 5.41) is 3.70. The fourth-order valence-corrected chi connectivity index (χ4v) is 2.85. The van der Waals surface area contributed by atoms with Gasteiger partial charge in [0.05, 0.1) is 20.3 Å². The molecule has 6 heteroatoms. The van der Waals surface area contributed by atoms with Crippen molar-refractivity contribution >= 4 is 17.5 Å². The summed E-state index contributed by atoms with van der Waals surface area (Å²) in [6.45, 7) is 5.63. The number of amides is 1. The number of methoxy groups -OCH3 is 2. The fraction of sp³-hybridized carbons (Fsp3) is 0.381. The van der Waals surface area contributed by atoms with Crippen molar-refractivity contribution in [1.29, 1.82) is 0 Å². The van der Waals surface area contributed by atoms with Gasteiger partial charge in [-0.15, -0.1) is 0 Å². The van der Waals surface area contributed by atoms with Crippen LogP contribution in [0.15, 0.2) is 36.4 Å². The zero-order valence-corrected chi connectivity index (χ0v) is 17.1.